The summed E-state index contributed by atoms with van der Waals surface area (Å²) in [4.78, 5) is 28.6. The zero-order valence-electron chi connectivity index (χ0n) is 15.9. The number of hydrogen-bond donors (Lipinski definition) is 1. The molecule has 2 aromatic carbocycles. The van der Waals surface area contributed by atoms with E-state index in [1.54, 1.807) is 4.90 Å². The van der Waals surface area contributed by atoms with Crippen LogP contribution in [0.3, 0.4) is 0 Å². The Morgan fingerprint density at radius 1 is 1.14 bits per heavy atom. The van der Waals surface area contributed by atoms with Crippen molar-refractivity contribution in [2.24, 2.45) is 0 Å². The van der Waals surface area contributed by atoms with E-state index >= 15 is 0 Å². The van der Waals surface area contributed by atoms with Gasteiger partial charge in [-0.3, -0.25) is 9.59 Å². The van der Waals surface area contributed by atoms with Gasteiger partial charge in [0, 0.05) is 22.0 Å². The van der Waals surface area contributed by atoms with Gasteiger partial charge in [0.25, 0.3) is 5.91 Å². The monoisotopic (exact) mass is 414 g/mol. The Kier molecular flexibility index (Phi) is 6.81. The maximum absolute atomic E-state index is 13.2. The summed E-state index contributed by atoms with van der Waals surface area (Å²) in [5.74, 6) is -0.426. The molecule has 146 valence electrons. The van der Waals surface area contributed by atoms with Gasteiger partial charge in [-0.1, -0.05) is 67.5 Å². The molecule has 2 aromatic rings. The van der Waals surface area contributed by atoms with Gasteiger partial charge in [0.2, 0.25) is 5.91 Å². The third-order valence-electron chi connectivity index (χ3n) is 4.71. The second-order valence-electron chi connectivity index (χ2n) is 6.58. The Labute approximate surface area is 175 Å². The molecule has 1 aliphatic rings. The number of nitrogens with zero attached hydrogens (tertiary/aromatic N) is 1. The third-order valence-corrected chi connectivity index (χ3v) is 6.16. The lowest BCUT2D eigenvalue weighted by Crippen LogP contribution is -2.36. The molecule has 0 spiro atoms. The Hall–Kier alpha value is -2.24. The number of benzene rings is 2. The molecule has 0 saturated heterocycles. The van der Waals surface area contributed by atoms with Crippen LogP contribution in [0.15, 0.2) is 64.4 Å². The van der Waals surface area contributed by atoms with Gasteiger partial charge in [-0.05, 0) is 36.6 Å². The first-order chi connectivity index (χ1) is 13.5. The second-order valence-corrected chi connectivity index (χ2v) is 8.07. The maximum Gasteiger partial charge on any atom is 0.265 e. The van der Waals surface area contributed by atoms with Crippen LogP contribution >= 0.6 is 23.4 Å². The molecule has 0 radical (unpaired) electrons. The first-order valence-corrected chi connectivity index (χ1v) is 10.6. The molecule has 0 bridgehead atoms. The normalized spacial score (nSPS) is 15.1. The molecule has 1 heterocycles. The third kappa shape index (κ3) is 4.59. The van der Waals surface area contributed by atoms with Crippen molar-refractivity contribution in [1.82, 2.24) is 5.32 Å². The maximum atomic E-state index is 13.2. The molecule has 4 nitrogen and oxygen atoms in total. The average Bonchev–Trinajstić information content (AvgIpc) is 2.70. The molecule has 28 heavy (non-hydrogen) atoms. The van der Waals surface area contributed by atoms with Gasteiger partial charge in [0.05, 0.1) is 17.1 Å². The van der Waals surface area contributed by atoms with Crippen molar-refractivity contribution in [3.05, 3.63) is 70.1 Å². The SMILES string of the molecule is CCC(CC)NC(=O)C=C1Sc2ccccc2N(Cc2ccccc2Cl)C1=O. The molecule has 6 heteroatoms. The van der Waals surface area contributed by atoms with E-state index < -0.39 is 0 Å². The van der Waals surface area contributed by atoms with Gasteiger partial charge in [0.1, 0.15) is 0 Å². The van der Waals surface area contributed by atoms with Gasteiger partial charge in [0.15, 0.2) is 0 Å². The number of nitrogens with one attached hydrogen (secondary N) is 1. The van der Waals surface area contributed by atoms with Gasteiger partial charge in [-0.2, -0.15) is 0 Å². The minimum atomic E-state index is -0.235. The number of amides is 2. The first kappa shape index (κ1) is 20.5. The van der Waals surface area contributed by atoms with E-state index in [1.807, 2.05) is 62.4 Å². The molecule has 2 amide bonds. The summed E-state index contributed by atoms with van der Waals surface area (Å²) >= 11 is 7.64. The van der Waals surface area contributed by atoms with Crippen molar-refractivity contribution < 1.29 is 9.59 Å². The van der Waals surface area contributed by atoms with Gasteiger partial charge < -0.3 is 10.2 Å². The predicted molar refractivity (Wildman–Crippen MR) is 116 cm³/mol. The quantitative estimate of drug-likeness (QED) is 0.663. The van der Waals surface area contributed by atoms with E-state index in [0.717, 1.165) is 29.0 Å². The number of thioether (sulfide) groups is 1. The van der Waals surface area contributed by atoms with Gasteiger partial charge >= 0.3 is 0 Å². The van der Waals surface area contributed by atoms with Crippen molar-refractivity contribution in [3.63, 3.8) is 0 Å². The largest absolute Gasteiger partial charge is 0.350 e. The topological polar surface area (TPSA) is 49.4 Å². The number of carbonyl (C=O) groups excluding carboxylic acids is 2. The Bertz CT molecular complexity index is 909. The standard InChI is InChI=1S/C22H23ClN2O2S/c1-3-16(4-2)24-21(26)13-20-22(27)25(14-15-9-5-6-10-17(15)23)18-11-7-8-12-19(18)28-20/h5-13,16H,3-4,14H2,1-2H3,(H,24,26). The lowest BCUT2D eigenvalue weighted by atomic mass is 10.1. The van der Waals surface area contributed by atoms with Crippen LogP contribution in [0.2, 0.25) is 5.02 Å². The number of carbonyl (C=O) groups is 2. The lowest BCUT2D eigenvalue weighted by Gasteiger charge is -2.30. The number of hydrogen-bond acceptors (Lipinski definition) is 3. The highest BCUT2D eigenvalue weighted by atomic mass is 35.5. The molecule has 1 N–H and O–H groups in total. The summed E-state index contributed by atoms with van der Waals surface area (Å²) < 4.78 is 0. The highest BCUT2D eigenvalue weighted by molar-refractivity contribution is 8.04. The fourth-order valence-electron chi connectivity index (χ4n) is 3.07. The Balaban J connectivity index is 1.91. The van der Waals surface area contributed by atoms with Crippen LogP contribution in [0.4, 0.5) is 5.69 Å². The minimum Gasteiger partial charge on any atom is -0.350 e. The van der Waals surface area contributed by atoms with Crippen LogP contribution in [-0.4, -0.2) is 17.9 Å². The van der Waals surface area contributed by atoms with E-state index in [4.69, 9.17) is 11.6 Å². The molecule has 0 aliphatic carbocycles. The van der Waals surface area contributed by atoms with Crippen molar-refractivity contribution in [3.8, 4) is 0 Å². The molecule has 0 saturated carbocycles. The summed E-state index contributed by atoms with van der Waals surface area (Å²) in [6.07, 6.45) is 3.13. The van der Waals surface area contributed by atoms with Crippen LogP contribution < -0.4 is 10.2 Å². The minimum absolute atomic E-state index is 0.111. The van der Waals surface area contributed by atoms with Crippen molar-refractivity contribution in [1.29, 1.82) is 0 Å². The van der Waals surface area contributed by atoms with E-state index in [9.17, 15) is 9.59 Å². The molecular formula is C22H23ClN2O2S. The summed E-state index contributed by atoms with van der Waals surface area (Å²) in [6, 6.07) is 15.3. The van der Waals surface area contributed by atoms with Crippen LogP contribution in [-0.2, 0) is 16.1 Å². The predicted octanol–water partition coefficient (Wildman–Crippen LogP) is 5.17. The summed E-state index contributed by atoms with van der Waals surface area (Å²) in [6.45, 7) is 4.41. The molecule has 1 aliphatic heterocycles. The fraction of sp³-hybridized carbons (Fsp3) is 0.273. The van der Waals surface area contributed by atoms with Gasteiger partial charge in [-0.15, -0.1) is 0 Å². The van der Waals surface area contributed by atoms with Crippen molar-refractivity contribution in [2.75, 3.05) is 4.90 Å². The fourth-order valence-corrected chi connectivity index (χ4v) is 4.30. The van der Waals surface area contributed by atoms with Crippen LogP contribution in [0.5, 0.6) is 0 Å². The molecule has 0 atom stereocenters. The summed E-state index contributed by atoms with van der Waals surface area (Å²) in [5.41, 5.74) is 1.69. The number of halogens is 1. The smallest absolute Gasteiger partial charge is 0.265 e. The van der Waals surface area contributed by atoms with Gasteiger partial charge in [-0.25, -0.2) is 0 Å². The van der Waals surface area contributed by atoms with E-state index in [2.05, 4.69) is 5.32 Å². The number of para-hydroxylation sites is 1. The highest BCUT2D eigenvalue weighted by Gasteiger charge is 2.30. The zero-order chi connectivity index (χ0) is 20.1. The molecule has 0 unspecified atom stereocenters. The second kappa shape index (κ2) is 9.30. The summed E-state index contributed by atoms with van der Waals surface area (Å²) in [7, 11) is 0. The summed E-state index contributed by atoms with van der Waals surface area (Å²) in [5, 5.41) is 3.58. The van der Waals surface area contributed by atoms with E-state index in [1.165, 1.54) is 17.8 Å². The van der Waals surface area contributed by atoms with Crippen LogP contribution in [0, 0.1) is 0 Å². The average molecular weight is 415 g/mol. The van der Waals surface area contributed by atoms with Crippen molar-refractivity contribution >= 4 is 40.9 Å². The number of anilines is 1. The van der Waals surface area contributed by atoms with Crippen molar-refractivity contribution in [2.45, 2.75) is 44.2 Å². The zero-order valence-corrected chi connectivity index (χ0v) is 17.5. The van der Waals surface area contributed by atoms with Crippen LogP contribution in [0.25, 0.3) is 0 Å². The molecular weight excluding hydrogens is 392 g/mol. The molecule has 0 fully saturated rings. The number of fused-ring (bicyclic) bond motifs is 1. The Morgan fingerprint density at radius 2 is 1.82 bits per heavy atom. The van der Waals surface area contributed by atoms with E-state index in [0.29, 0.717) is 16.5 Å². The molecule has 0 aromatic heterocycles. The Morgan fingerprint density at radius 3 is 2.54 bits per heavy atom. The first-order valence-electron chi connectivity index (χ1n) is 9.37. The highest BCUT2D eigenvalue weighted by Crippen LogP contribution is 2.42. The van der Waals surface area contributed by atoms with E-state index in [-0.39, 0.29) is 17.9 Å². The van der Waals surface area contributed by atoms with Crippen LogP contribution in [0.1, 0.15) is 32.3 Å². The number of rotatable bonds is 6. The lowest BCUT2D eigenvalue weighted by molar-refractivity contribution is -0.118. The molecule has 3 rings (SSSR count).